The monoisotopic (exact) mass is 444 g/mol. The first-order valence-corrected chi connectivity index (χ1v) is 11.4. The number of benzene rings is 2. The maximum Gasteiger partial charge on any atom is 0.134 e. The van der Waals surface area contributed by atoms with Crippen LogP contribution in [0.4, 0.5) is 4.39 Å². The molecule has 7 heteroatoms. The molecule has 1 atom stereocenters. The Balaban J connectivity index is 1.26. The molecular formula is C25H33FN2O4. The van der Waals surface area contributed by atoms with E-state index in [9.17, 15) is 9.50 Å². The molecule has 4 rings (SSSR count). The molecule has 32 heavy (non-hydrogen) atoms. The molecule has 2 heterocycles. The number of nitrogens with zero attached hydrogens (tertiary/aromatic N) is 2. The molecule has 2 aromatic carbocycles. The molecule has 6 nitrogen and oxygen atoms in total. The minimum atomic E-state index is -1.17. The van der Waals surface area contributed by atoms with Crippen molar-refractivity contribution in [2.45, 2.75) is 25.0 Å². The van der Waals surface area contributed by atoms with Gasteiger partial charge in [-0.25, -0.2) is 4.39 Å². The highest BCUT2D eigenvalue weighted by molar-refractivity contribution is 5.27. The zero-order valence-electron chi connectivity index (χ0n) is 18.5. The van der Waals surface area contributed by atoms with E-state index in [2.05, 4.69) is 21.9 Å². The van der Waals surface area contributed by atoms with Crippen LogP contribution in [0.1, 0.15) is 18.4 Å². The van der Waals surface area contributed by atoms with E-state index in [1.54, 1.807) is 12.1 Å². The molecular weight excluding hydrogens is 411 g/mol. The average Bonchev–Trinajstić information content (AvgIpc) is 3.23. The summed E-state index contributed by atoms with van der Waals surface area (Å²) in [5.74, 6) is 0.915. The predicted molar refractivity (Wildman–Crippen MR) is 121 cm³/mol. The van der Waals surface area contributed by atoms with Crippen LogP contribution in [0, 0.1) is 5.82 Å². The number of hydrogen-bond donors (Lipinski definition) is 1. The first kappa shape index (κ1) is 23.0. The maximum absolute atomic E-state index is 13.4. The van der Waals surface area contributed by atoms with Gasteiger partial charge in [-0.15, -0.1) is 0 Å². The van der Waals surface area contributed by atoms with E-state index < -0.39 is 5.60 Å². The van der Waals surface area contributed by atoms with Crippen molar-refractivity contribution in [3.63, 3.8) is 0 Å². The highest BCUT2D eigenvalue weighted by Gasteiger charge is 2.33. The molecule has 0 aliphatic carbocycles. The number of likely N-dealkylation sites (tertiary alicyclic amines) is 1. The first-order valence-electron chi connectivity index (χ1n) is 11.4. The molecule has 174 valence electrons. The molecule has 0 spiro atoms. The lowest BCUT2D eigenvalue weighted by atomic mass is 10.1. The van der Waals surface area contributed by atoms with E-state index in [4.69, 9.17) is 14.2 Å². The van der Waals surface area contributed by atoms with Crippen LogP contribution in [0.25, 0.3) is 0 Å². The molecule has 1 N–H and O–H groups in total. The lowest BCUT2D eigenvalue weighted by molar-refractivity contribution is -0.0647. The molecule has 0 aromatic heterocycles. The van der Waals surface area contributed by atoms with Crippen LogP contribution in [-0.4, -0.2) is 79.7 Å². The minimum absolute atomic E-state index is 0.0384. The van der Waals surface area contributed by atoms with Gasteiger partial charge in [-0.05, 0) is 55.8 Å². The Hall–Kier alpha value is -2.19. The van der Waals surface area contributed by atoms with E-state index in [0.717, 1.165) is 24.4 Å². The fraction of sp³-hybridized carbons (Fsp3) is 0.520. The Bertz CT molecular complexity index is 844. The van der Waals surface area contributed by atoms with Crippen LogP contribution in [-0.2, 0) is 11.3 Å². The Morgan fingerprint density at radius 1 is 0.969 bits per heavy atom. The van der Waals surface area contributed by atoms with Crippen LogP contribution in [0.2, 0.25) is 0 Å². The Morgan fingerprint density at radius 2 is 1.78 bits per heavy atom. The van der Waals surface area contributed by atoms with Gasteiger partial charge in [0.25, 0.3) is 0 Å². The van der Waals surface area contributed by atoms with Gasteiger partial charge in [0.05, 0.1) is 13.2 Å². The lowest BCUT2D eigenvalue weighted by Gasteiger charge is -2.30. The summed E-state index contributed by atoms with van der Waals surface area (Å²) >= 11 is 0. The van der Waals surface area contributed by atoms with Crippen LogP contribution in [0.3, 0.4) is 0 Å². The summed E-state index contributed by atoms with van der Waals surface area (Å²) < 4.78 is 30.6. The number of aliphatic hydroxyl groups is 1. The molecule has 2 aliphatic heterocycles. The van der Waals surface area contributed by atoms with Gasteiger partial charge < -0.3 is 19.3 Å². The summed E-state index contributed by atoms with van der Waals surface area (Å²) in [6, 6.07) is 14.1. The second-order valence-electron chi connectivity index (χ2n) is 8.77. The standard InChI is InChI=1S/C25H33FN2O4/c26-22-4-3-5-24(16-22)32-20-25(29)18-28(12-14-30-19-25)17-21-6-8-23(9-7-21)31-15-13-27-10-1-2-11-27/h3-9,16,29H,1-2,10-15,17-20H2. The van der Waals surface area contributed by atoms with Gasteiger partial charge in [-0.3, -0.25) is 9.80 Å². The molecule has 0 bridgehead atoms. The Kier molecular flexibility index (Phi) is 7.97. The quantitative estimate of drug-likeness (QED) is 0.642. The Labute approximate surface area is 189 Å². The maximum atomic E-state index is 13.4. The van der Waals surface area contributed by atoms with Gasteiger partial charge >= 0.3 is 0 Å². The fourth-order valence-electron chi connectivity index (χ4n) is 4.24. The topological polar surface area (TPSA) is 54.4 Å². The lowest BCUT2D eigenvalue weighted by Crippen LogP contribution is -2.48. The predicted octanol–water partition coefficient (Wildman–Crippen LogP) is 2.94. The van der Waals surface area contributed by atoms with Crippen molar-refractivity contribution in [2.75, 3.05) is 59.2 Å². The normalized spacial score (nSPS) is 22.6. The number of halogens is 1. The molecule has 2 aliphatic rings. The number of β-amino-alcohol motifs (C(OH)–C–C–N with tert-alkyl or cyclic N) is 1. The zero-order valence-corrected chi connectivity index (χ0v) is 18.5. The van der Waals surface area contributed by atoms with Crippen molar-refractivity contribution in [3.05, 3.63) is 59.9 Å². The fourth-order valence-corrected chi connectivity index (χ4v) is 4.24. The highest BCUT2D eigenvalue weighted by Crippen LogP contribution is 2.20. The van der Waals surface area contributed by atoms with Crippen molar-refractivity contribution in [3.8, 4) is 11.5 Å². The van der Waals surface area contributed by atoms with Gasteiger partial charge in [0.15, 0.2) is 0 Å². The third kappa shape index (κ3) is 6.90. The van der Waals surface area contributed by atoms with Crippen molar-refractivity contribution in [2.24, 2.45) is 0 Å². The van der Waals surface area contributed by atoms with E-state index in [-0.39, 0.29) is 19.0 Å². The Morgan fingerprint density at radius 3 is 2.56 bits per heavy atom. The van der Waals surface area contributed by atoms with Gasteiger partial charge in [-0.1, -0.05) is 18.2 Å². The molecule has 2 aromatic rings. The van der Waals surface area contributed by atoms with Crippen LogP contribution in [0.5, 0.6) is 11.5 Å². The summed E-state index contributed by atoms with van der Waals surface area (Å²) in [6.07, 6.45) is 2.59. The van der Waals surface area contributed by atoms with Crippen molar-refractivity contribution in [1.82, 2.24) is 9.80 Å². The van der Waals surface area contributed by atoms with E-state index in [0.29, 0.717) is 32.1 Å². The van der Waals surface area contributed by atoms with E-state index in [1.807, 2.05) is 12.1 Å². The van der Waals surface area contributed by atoms with Gasteiger partial charge in [0, 0.05) is 32.2 Å². The molecule has 2 saturated heterocycles. The summed E-state index contributed by atoms with van der Waals surface area (Å²) in [5.41, 5.74) is -0.0197. The third-order valence-electron chi connectivity index (χ3n) is 5.95. The highest BCUT2D eigenvalue weighted by atomic mass is 19.1. The van der Waals surface area contributed by atoms with E-state index in [1.165, 1.54) is 38.1 Å². The molecule has 0 amide bonds. The van der Waals surface area contributed by atoms with Gasteiger partial charge in [0.2, 0.25) is 0 Å². The largest absolute Gasteiger partial charge is 0.492 e. The van der Waals surface area contributed by atoms with Crippen LogP contribution >= 0.6 is 0 Å². The molecule has 2 fully saturated rings. The number of rotatable bonds is 9. The molecule has 0 saturated carbocycles. The van der Waals surface area contributed by atoms with Crippen molar-refractivity contribution < 1.29 is 23.7 Å². The number of ether oxygens (including phenoxy) is 3. The number of hydrogen-bond acceptors (Lipinski definition) is 6. The second-order valence-corrected chi connectivity index (χ2v) is 8.77. The minimum Gasteiger partial charge on any atom is -0.492 e. The van der Waals surface area contributed by atoms with Crippen molar-refractivity contribution in [1.29, 1.82) is 0 Å². The first-order chi connectivity index (χ1) is 15.6. The summed E-state index contributed by atoms with van der Waals surface area (Å²) in [5, 5.41) is 11.1. The van der Waals surface area contributed by atoms with Crippen LogP contribution in [0.15, 0.2) is 48.5 Å². The SMILES string of the molecule is OC1(COc2cccc(F)c2)COCCN(Cc2ccc(OCCN3CCCC3)cc2)C1. The summed E-state index contributed by atoms with van der Waals surface area (Å²) in [7, 11) is 0. The smallest absolute Gasteiger partial charge is 0.134 e. The average molecular weight is 445 g/mol. The molecule has 1 unspecified atom stereocenters. The summed E-state index contributed by atoms with van der Waals surface area (Å²) in [4.78, 5) is 4.60. The molecule has 0 radical (unpaired) electrons. The van der Waals surface area contributed by atoms with E-state index >= 15 is 0 Å². The summed E-state index contributed by atoms with van der Waals surface area (Å²) in [6.45, 7) is 6.64. The second kappa shape index (κ2) is 11.1. The van der Waals surface area contributed by atoms with Crippen molar-refractivity contribution >= 4 is 0 Å². The van der Waals surface area contributed by atoms with Gasteiger partial charge in [0.1, 0.15) is 36.1 Å². The van der Waals surface area contributed by atoms with Crippen LogP contribution < -0.4 is 9.47 Å². The zero-order chi connectivity index (χ0) is 22.2. The van der Waals surface area contributed by atoms with Gasteiger partial charge in [-0.2, -0.15) is 0 Å². The third-order valence-corrected chi connectivity index (χ3v) is 5.95.